The number of aryl methyl sites for hydroxylation is 1. The van der Waals surface area contributed by atoms with Gasteiger partial charge in [0, 0.05) is 23.2 Å². The van der Waals surface area contributed by atoms with Crippen LogP contribution in [0.15, 0.2) is 29.3 Å². The van der Waals surface area contributed by atoms with Crippen LogP contribution in [0.5, 0.6) is 0 Å². The first-order valence-corrected chi connectivity index (χ1v) is 9.02. The number of nitrogens with zero attached hydrogens (tertiary/aromatic N) is 2. The molecule has 1 aliphatic carbocycles. The summed E-state index contributed by atoms with van der Waals surface area (Å²) in [5.74, 6) is -0.340. The minimum atomic E-state index is -0.439. The summed E-state index contributed by atoms with van der Waals surface area (Å²) in [4.78, 5) is 28.5. The topological polar surface area (TPSA) is 81.8 Å². The number of nitro groups is 1. The van der Waals surface area contributed by atoms with Gasteiger partial charge in [-0.05, 0) is 43.7 Å². The van der Waals surface area contributed by atoms with Gasteiger partial charge in [0.2, 0.25) is 0 Å². The molecule has 25 heavy (non-hydrogen) atoms. The summed E-state index contributed by atoms with van der Waals surface area (Å²) in [6.07, 6.45) is 5.56. The number of esters is 1. The number of fused-ring (bicyclic) bond motifs is 1. The summed E-state index contributed by atoms with van der Waals surface area (Å²) < 4.78 is 5.20. The molecule has 0 amide bonds. The highest BCUT2D eigenvalue weighted by molar-refractivity contribution is 7.16. The maximum Gasteiger partial charge on any atom is 0.341 e. The van der Waals surface area contributed by atoms with Gasteiger partial charge >= 0.3 is 5.97 Å². The van der Waals surface area contributed by atoms with E-state index in [0.717, 1.165) is 31.2 Å². The van der Waals surface area contributed by atoms with Gasteiger partial charge in [-0.15, -0.1) is 11.3 Å². The fourth-order valence-corrected chi connectivity index (χ4v) is 4.13. The fourth-order valence-electron chi connectivity index (χ4n) is 2.91. The average molecular weight is 358 g/mol. The molecule has 0 spiro atoms. The lowest BCUT2D eigenvalue weighted by Gasteiger charge is -2.11. The summed E-state index contributed by atoms with van der Waals surface area (Å²) in [5.41, 5.74) is 2.25. The molecule has 0 radical (unpaired) electrons. The lowest BCUT2D eigenvalue weighted by atomic mass is 9.95. The van der Waals surface area contributed by atoms with Gasteiger partial charge in [0.1, 0.15) is 5.00 Å². The predicted molar refractivity (Wildman–Crippen MR) is 97.3 cm³/mol. The third-order valence-electron chi connectivity index (χ3n) is 4.04. The minimum Gasteiger partial charge on any atom is -0.462 e. The average Bonchev–Trinajstić information content (AvgIpc) is 2.99. The highest BCUT2D eigenvalue weighted by Gasteiger charge is 2.26. The Balaban J connectivity index is 1.96. The number of aliphatic imine (C=N–C) groups is 1. The highest BCUT2D eigenvalue weighted by Crippen LogP contribution is 2.40. The first-order chi connectivity index (χ1) is 12.1. The molecule has 6 nitrogen and oxygen atoms in total. The van der Waals surface area contributed by atoms with E-state index in [4.69, 9.17) is 4.74 Å². The number of carbonyl (C=O) groups excluding carboxylic acids is 1. The molecule has 0 saturated carbocycles. The van der Waals surface area contributed by atoms with Crippen LogP contribution in [0, 0.1) is 10.1 Å². The predicted octanol–water partition coefficient (Wildman–Crippen LogP) is 4.46. The lowest BCUT2D eigenvalue weighted by Crippen LogP contribution is -2.09. The lowest BCUT2D eigenvalue weighted by molar-refractivity contribution is -0.384. The second-order valence-electron chi connectivity index (χ2n) is 5.72. The quantitative estimate of drug-likeness (QED) is 0.342. The summed E-state index contributed by atoms with van der Waals surface area (Å²) >= 11 is 1.51. The number of ether oxygens (including phenoxy) is 1. The van der Waals surface area contributed by atoms with Gasteiger partial charge in [0.05, 0.1) is 17.1 Å². The van der Waals surface area contributed by atoms with Gasteiger partial charge in [-0.1, -0.05) is 12.1 Å². The molecule has 2 aromatic rings. The van der Waals surface area contributed by atoms with Crippen LogP contribution in [0.25, 0.3) is 0 Å². The van der Waals surface area contributed by atoms with Crippen LogP contribution in [0.1, 0.15) is 46.1 Å². The summed E-state index contributed by atoms with van der Waals surface area (Å²) in [7, 11) is 0. The third-order valence-corrected chi connectivity index (χ3v) is 5.24. The Morgan fingerprint density at radius 2 is 2.20 bits per heavy atom. The number of nitro benzene ring substituents is 1. The molecule has 0 atom stereocenters. The van der Waals surface area contributed by atoms with Gasteiger partial charge in [0.15, 0.2) is 0 Å². The summed E-state index contributed by atoms with van der Waals surface area (Å²) in [6.45, 7) is 2.10. The Labute approximate surface area is 149 Å². The number of rotatable bonds is 5. The Morgan fingerprint density at radius 3 is 2.96 bits per heavy atom. The molecular formula is C18H18N2O4S. The first-order valence-electron chi connectivity index (χ1n) is 8.20. The number of non-ortho nitro benzene ring substituents is 1. The van der Waals surface area contributed by atoms with Crippen molar-refractivity contribution < 1.29 is 14.5 Å². The maximum absolute atomic E-state index is 12.4. The van der Waals surface area contributed by atoms with Crippen LogP contribution in [0.3, 0.4) is 0 Å². The van der Waals surface area contributed by atoms with Crippen molar-refractivity contribution >= 4 is 34.2 Å². The monoisotopic (exact) mass is 358 g/mol. The van der Waals surface area contributed by atoms with E-state index >= 15 is 0 Å². The van der Waals surface area contributed by atoms with Crippen LogP contribution in [0.2, 0.25) is 0 Å². The Morgan fingerprint density at radius 1 is 1.40 bits per heavy atom. The molecule has 1 aromatic heterocycles. The molecule has 3 rings (SSSR count). The molecule has 130 valence electrons. The van der Waals surface area contributed by atoms with Crippen molar-refractivity contribution in [2.24, 2.45) is 4.99 Å². The van der Waals surface area contributed by atoms with E-state index in [1.54, 1.807) is 25.3 Å². The van der Waals surface area contributed by atoms with Gasteiger partial charge in [0.25, 0.3) is 5.69 Å². The smallest absolute Gasteiger partial charge is 0.341 e. The molecule has 0 unspecified atom stereocenters. The first kappa shape index (κ1) is 17.3. The SMILES string of the molecule is CCOC(=O)c1c(/N=C/c2cccc([N+](=O)[O-])c2)sc2c1CCCC2. The van der Waals surface area contributed by atoms with Crippen LogP contribution in [0.4, 0.5) is 10.7 Å². The van der Waals surface area contributed by atoms with Crippen molar-refractivity contribution in [3.05, 3.63) is 55.9 Å². The zero-order valence-electron chi connectivity index (χ0n) is 13.9. The van der Waals surface area contributed by atoms with E-state index in [1.807, 2.05) is 0 Å². The Bertz CT molecular complexity index is 842. The molecule has 0 N–H and O–H groups in total. The van der Waals surface area contributed by atoms with Crippen LogP contribution in [-0.4, -0.2) is 23.7 Å². The molecule has 0 bridgehead atoms. The number of hydrogen-bond acceptors (Lipinski definition) is 6. The zero-order valence-corrected chi connectivity index (χ0v) is 14.7. The number of benzene rings is 1. The van der Waals surface area contributed by atoms with E-state index < -0.39 is 4.92 Å². The minimum absolute atomic E-state index is 0.0139. The standard InChI is InChI=1S/C18H18N2O4S/c1-2-24-18(21)16-14-8-3-4-9-15(14)25-17(16)19-11-12-6-5-7-13(10-12)20(22)23/h5-7,10-11H,2-4,8-9H2,1H3/b19-11+. The normalized spacial score (nSPS) is 13.6. The number of thiophene rings is 1. The van der Waals surface area contributed by atoms with Gasteiger partial charge in [-0.2, -0.15) is 0 Å². The van der Waals surface area contributed by atoms with E-state index in [2.05, 4.69) is 4.99 Å². The largest absolute Gasteiger partial charge is 0.462 e. The third kappa shape index (κ3) is 3.76. The Kier molecular flexibility index (Phi) is 5.23. The molecule has 7 heteroatoms. The molecule has 0 aliphatic heterocycles. The van der Waals surface area contributed by atoms with Gasteiger partial charge in [-0.3, -0.25) is 10.1 Å². The van der Waals surface area contributed by atoms with E-state index in [9.17, 15) is 14.9 Å². The highest BCUT2D eigenvalue weighted by atomic mass is 32.1. The van der Waals surface area contributed by atoms with Crippen molar-refractivity contribution in [1.82, 2.24) is 0 Å². The van der Waals surface area contributed by atoms with Crippen molar-refractivity contribution in [3.63, 3.8) is 0 Å². The van der Waals surface area contributed by atoms with Crippen LogP contribution >= 0.6 is 11.3 Å². The van der Waals surface area contributed by atoms with Crippen LogP contribution in [-0.2, 0) is 17.6 Å². The molecular weight excluding hydrogens is 340 g/mol. The summed E-state index contributed by atoms with van der Waals surface area (Å²) in [5, 5.41) is 11.5. The van der Waals surface area contributed by atoms with Crippen molar-refractivity contribution in [1.29, 1.82) is 0 Å². The molecule has 1 aromatic carbocycles. The van der Waals surface area contributed by atoms with Crippen molar-refractivity contribution in [3.8, 4) is 0 Å². The summed E-state index contributed by atoms with van der Waals surface area (Å²) in [6, 6.07) is 6.26. The second kappa shape index (κ2) is 7.57. The molecule has 0 saturated heterocycles. The maximum atomic E-state index is 12.4. The van der Waals surface area contributed by atoms with Gasteiger partial charge < -0.3 is 4.74 Å². The number of carbonyl (C=O) groups is 1. The molecule has 1 heterocycles. The van der Waals surface area contributed by atoms with Crippen molar-refractivity contribution in [2.75, 3.05) is 6.61 Å². The van der Waals surface area contributed by atoms with Crippen LogP contribution < -0.4 is 0 Å². The van der Waals surface area contributed by atoms with E-state index in [1.165, 1.54) is 28.3 Å². The fraction of sp³-hybridized carbons (Fsp3) is 0.333. The second-order valence-corrected chi connectivity index (χ2v) is 6.81. The Hall–Kier alpha value is -2.54. The van der Waals surface area contributed by atoms with E-state index in [0.29, 0.717) is 22.7 Å². The number of hydrogen-bond donors (Lipinski definition) is 0. The molecule has 1 aliphatic rings. The van der Waals surface area contributed by atoms with Crippen molar-refractivity contribution in [2.45, 2.75) is 32.6 Å². The zero-order chi connectivity index (χ0) is 17.8. The van der Waals surface area contributed by atoms with Gasteiger partial charge in [-0.25, -0.2) is 9.79 Å². The molecule has 0 fully saturated rings. The van der Waals surface area contributed by atoms with E-state index in [-0.39, 0.29) is 11.7 Å².